The molecule has 0 radical (unpaired) electrons. The van der Waals surface area contributed by atoms with Crippen molar-refractivity contribution in [1.29, 1.82) is 0 Å². The SMILES string of the molecule is Cc1ccc(Cc2cc([C@@H]3C4CCC(C[C@@H]3c3ccc(Cl)cc3)N4C)on2)cc1.Cl. The number of hydrogen-bond donors (Lipinski definition) is 0. The number of hydrogen-bond acceptors (Lipinski definition) is 3. The van der Waals surface area contributed by atoms with Gasteiger partial charge in [-0.25, -0.2) is 0 Å². The van der Waals surface area contributed by atoms with Crippen LogP contribution < -0.4 is 0 Å². The van der Waals surface area contributed by atoms with E-state index in [4.69, 9.17) is 16.1 Å². The Morgan fingerprint density at radius 1 is 1.07 bits per heavy atom. The van der Waals surface area contributed by atoms with Gasteiger partial charge in [0, 0.05) is 35.5 Å². The topological polar surface area (TPSA) is 29.3 Å². The zero-order valence-electron chi connectivity index (χ0n) is 17.4. The lowest BCUT2D eigenvalue weighted by molar-refractivity contribution is 0.122. The molecule has 0 spiro atoms. The summed E-state index contributed by atoms with van der Waals surface area (Å²) < 4.78 is 5.97. The summed E-state index contributed by atoms with van der Waals surface area (Å²) in [6.07, 6.45) is 4.47. The predicted molar refractivity (Wildman–Crippen MR) is 124 cm³/mol. The molecule has 2 aliphatic rings. The molecule has 2 fully saturated rings. The highest BCUT2D eigenvalue weighted by molar-refractivity contribution is 6.30. The Bertz CT molecular complexity index is 983. The molecule has 0 saturated carbocycles. The maximum Gasteiger partial charge on any atom is 0.142 e. The lowest BCUT2D eigenvalue weighted by atomic mass is 9.75. The smallest absolute Gasteiger partial charge is 0.142 e. The van der Waals surface area contributed by atoms with Crippen LogP contribution in [0.4, 0.5) is 0 Å². The maximum atomic E-state index is 6.15. The quantitative estimate of drug-likeness (QED) is 0.468. The van der Waals surface area contributed by atoms with Crippen LogP contribution in [-0.2, 0) is 6.42 Å². The van der Waals surface area contributed by atoms with Gasteiger partial charge in [0.15, 0.2) is 0 Å². The van der Waals surface area contributed by atoms with Crippen molar-refractivity contribution in [2.75, 3.05) is 7.05 Å². The molecule has 0 amide bonds. The zero-order valence-corrected chi connectivity index (χ0v) is 19.0. The molecule has 3 heterocycles. The lowest BCUT2D eigenvalue weighted by Crippen LogP contribution is -2.44. The van der Waals surface area contributed by atoms with Crippen LogP contribution in [0.2, 0.25) is 5.02 Å². The summed E-state index contributed by atoms with van der Waals surface area (Å²) in [5.41, 5.74) is 4.93. The largest absolute Gasteiger partial charge is 0.361 e. The highest BCUT2D eigenvalue weighted by atomic mass is 35.5. The molecule has 3 nitrogen and oxygen atoms in total. The Morgan fingerprint density at radius 3 is 2.53 bits per heavy atom. The molecule has 1 aromatic heterocycles. The van der Waals surface area contributed by atoms with Crippen LogP contribution >= 0.6 is 24.0 Å². The van der Waals surface area contributed by atoms with Gasteiger partial charge in [-0.05, 0) is 62.4 Å². The summed E-state index contributed by atoms with van der Waals surface area (Å²) in [7, 11) is 2.27. The Hall–Kier alpha value is -1.81. The molecule has 2 bridgehead atoms. The van der Waals surface area contributed by atoms with Crippen molar-refractivity contribution in [1.82, 2.24) is 10.1 Å². The van der Waals surface area contributed by atoms with E-state index in [1.165, 1.54) is 29.5 Å². The summed E-state index contributed by atoms with van der Waals surface area (Å²) >= 11 is 6.15. The second-order valence-electron chi connectivity index (χ2n) is 8.77. The summed E-state index contributed by atoms with van der Waals surface area (Å²) in [5.74, 6) is 1.81. The van der Waals surface area contributed by atoms with Gasteiger partial charge in [-0.1, -0.05) is 58.7 Å². The van der Waals surface area contributed by atoms with Crippen molar-refractivity contribution in [3.8, 4) is 0 Å². The summed E-state index contributed by atoms with van der Waals surface area (Å²) in [6.45, 7) is 2.11. The van der Waals surface area contributed by atoms with Gasteiger partial charge in [-0.15, -0.1) is 12.4 Å². The first-order chi connectivity index (χ1) is 14.1. The first kappa shape index (κ1) is 21.4. The molecule has 30 heavy (non-hydrogen) atoms. The first-order valence-corrected chi connectivity index (χ1v) is 10.9. The highest BCUT2D eigenvalue weighted by Gasteiger charge is 2.48. The number of benzene rings is 2. The minimum atomic E-state index is 0. The molecule has 5 heteroatoms. The monoisotopic (exact) mass is 442 g/mol. The fourth-order valence-corrected chi connectivity index (χ4v) is 5.52. The summed E-state index contributed by atoms with van der Waals surface area (Å²) in [5, 5.41) is 5.24. The fraction of sp³-hybridized carbons (Fsp3) is 0.400. The maximum absolute atomic E-state index is 6.15. The van der Waals surface area contributed by atoms with Gasteiger partial charge < -0.3 is 4.52 Å². The van der Waals surface area contributed by atoms with Gasteiger partial charge >= 0.3 is 0 Å². The first-order valence-electron chi connectivity index (χ1n) is 10.6. The van der Waals surface area contributed by atoms with E-state index in [1.54, 1.807) is 0 Å². The predicted octanol–water partition coefficient (Wildman–Crippen LogP) is 6.38. The third-order valence-corrected chi connectivity index (χ3v) is 7.23. The van der Waals surface area contributed by atoms with Crippen molar-refractivity contribution in [3.63, 3.8) is 0 Å². The van der Waals surface area contributed by atoms with Gasteiger partial charge in [0.25, 0.3) is 0 Å². The van der Waals surface area contributed by atoms with Crippen molar-refractivity contribution in [2.45, 2.75) is 56.5 Å². The fourth-order valence-electron chi connectivity index (χ4n) is 5.39. The molecule has 0 aliphatic carbocycles. The Balaban J connectivity index is 0.00000218. The van der Waals surface area contributed by atoms with Gasteiger partial charge in [-0.3, -0.25) is 4.90 Å². The normalized spacial score (nSPS) is 25.8. The van der Waals surface area contributed by atoms with E-state index in [0.29, 0.717) is 23.9 Å². The molecule has 4 atom stereocenters. The van der Waals surface area contributed by atoms with Gasteiger partial charge in [0.2, 0.25) is 0 Å². The van der Waals surface area contributed by atoms with Crippen molar-refractivity contribution in [3.05, 3.63) is 87.8 Å². The third-order valence-electron chi connectivity index (χ3n) is 6.98. The molecule has 2 aliphatic heterocycles. The van der Waals surface area contributed by atoms with E-state index in [1.807, 2.05) is 12.1 Å². The number of rotatable bonds is 4. The van der Waals surface area contributed by atoms with Crippen LogP contribution in [0.1, 0.15) is 59.2 Å². The number of aryl methyl sites for hydroxylation is 1. The molecule has 2 unspecified atom stereocenters. The molecule has 3 aromatic rings. The van der Waals surface area contributed by atoms with E-state index < -0.39 is 0 Å². The van der Waals surface area contributed by atoms with Crippen molar-refractivity contribution in [2.24, 2.45) is 0 Å². The van der Waals surface area contributed by atoms with Crippen LogP contribution in [0.25, 0.3) is 0 Å². The lowest BCUT2D eigenvalue weighted by Gasteiger charge is -2.42. The average Bonchev–Trinajstić information content (AvgIpc) is 3.26. The number of piperidine rings is 1. The summed E-state index contributed by atoms with van der Waals surface area (Å²) in [4.78, 5) is 2.57. The van der Waals surface area contributed by atoms with Gasteiger partial charge in [0.1, 0.15) is 5.76 Å². The number of fused-ring (bicyclic) bond motifs is 2. The second-order valence-corrected chi connectivity index (χ2v) is 9.20. The van der Waals surface area contributed by atoms with Gasteiger partial charge in [-0.2, -0.15) is 0 Å². The minimum absolute atomic E-state index is 0. The van der Waals surface area contributed by atoms with Gasteiger partial charge in [0.05, 0.1) is 5.69 Å². The Labute approximate surface area is 189 Å². The van der Waals surface area contributed by atoms with Crippen LogP contribution in [0.5, 0.6) is 0 Å². The van der Waals surface area contributed by atoms with E-state index >= 15 is 0 Å². The molecular formula is C25H28Cl2N2O. The molecular weight excluding hydrogens is 415 g/mol. The average molecular weight is 443 g/mol. The second kappa shape index (κ2) is 8.74. The zero-order chi connectivity index (χ0) is 20.0. The van der Waals surface area contributed by atoms with Crippen LogP contribution in [-0.4, -0.2) is 29.2 Å². The molecule has 158 valence electrons. The number of likely N-dealkylation sites (N-methyl/N-ethyl adjacent to an activating group) is 1. The molecule has 2 aromatic carbocycles. The van der Waals surface area contributed by atoms with Crippen molar-refractivity contribution < 1.29 is 4.52 Å². The molecule has 0 N–H and O–H groups in total. The highest BCUT2D eigenvalue weighted by Crippen LogP contribution is 2.51. The standard InChI is InChI=1S/C25H27ClN2O.ClH/c1-16-3-5-17(6-4-16)13-20-14-24(29-27-20)25-22(18-7-9-19(26)10-8-18)15-21-11-12-23(25)28(21)2;/h3-10,14,21-23,25H,11-13,15H2,1-2H3;1H/t21?,22-,23?,25+;/m1./s1. The van der Waals surface area contributed by atoms with Crippen molar-refractivity contribution >= 4 is 24.0 Å². The van der Waals surface area contributed by atoms with Crippen LogP contribution in [0.3, 0.4) is 0 Å². The Morgan fingerprint density at radius 2 is 1.80 bits per heavy atom. The summed E-state index contributed by atoms with van der Waals surface area (Å²) in [6, 6.07) is 20.4. The van der Waals surface area contributed by atoms with E-state index in [-0.39, 0.29) is 12.4 Å². The Kier molecular flexibility index (Phi) is 6.24. The molecule has 5 rings (SSSR count). The number of nitrogens with zero attached hydrogens (tertiary/aromatic N) is 2. The van der Waals surface area contributed by atoms with E-state index in [2.05, 4.69) is 66.5 Å². The third kappa shape index (κ3) is 4.03. The number of halogens is 2. The van der Waals surface area contributed by atoms with Crippen LogP contribution in [0, 0.1) is 6.92 Å². The molecule has 2 saturated heterocycles. The van der Waals surface area contributed by atoms with Crippen LogP contribution in [0.15, 0.2) is 59.1 Å². The minimum Gasteiger partial charge on any atom is -0.361 e. The number of aromatic nitrogens is 1. The van der Waals surface area contributed by atoms with E-state index in [9.17, 15) is 0 Å². The van der Waals surface area contributed by atoms with E-state index in [0.717, 1.165) is 29.3 Å².